The third-order valence-corrected chi connectivity index (χ3v) is 3.00. The maximum absolute atomic E-state index is 11.6. The first kappa shape index (κ1) is 14.9. The highest BCUT2D eigenvalue weighted by atomic mass is 35.5. The summed E-state index contributed by atoms with van der Waals surface area (Å²) in [4.78, 5) is 11.6. The van der Waals surface area contributed by atoms with Gasteiger partial charge in [-0.1, -0.05) is 11.6 Å². The number of amides is 1. The molecule has 0 aliphatic carbocycles. The van der Waals surface area contributed by atoms with Gasteiger partial charge in [-0.3, -0.25) is 4.79 Å². The van der Waals surface area contributed by atoms with E-state index >= 15 is 0 Å². The molecule has 1 amide bonds. The fraction of sp³-hybridized carbons (Fsp3) is 0.125. The van der Waals surface area contributed by atoms with E-state index in [1.807, 2.05) is 18.2 Å². The number of nitriles is 1. The van der Waals surface area contributed by atoms with Crippen LogP contribution in [0.2, 0.25) is 5.02 Å². The average molecular weight is 301 g/mol. The second-order valence-corrected chi connectivity index (χ2v) is 4.67. The second kappa shape index (κ2) is 6.78. The van der Waals surface area contributed by atoms with Gasteiger partial charge in [0.25, 0.3) is 5.91 Å². The van der Waals surface area contributed by atoms with Gasteiger partial charge in [-0.15, -0.1) is 0 Å². The summed E-state index contributed by atoms with van der Waals surface area (Å²) in [5, 5.41) is 12.2. The van der Waals surface area contributed by atoms with Crippen LogP contribution in [0.5, 0.6) is 0 Å². The monoisotopic (exact) mass is 300 g/mol. The molecule has 1 heterocycles. The van der Waals surface area contributed by atoms with Crippen LogP contribution >= 0.6 is 11.6 Å². The maximum atomic E-state index is 11.6. The smallest absolute Gasteiger partial charge is 0.262 e. The number of hydrogen-bond acceptors (Lipinski definition) is 3. The van der Waals surface area contributed by atoms with Crippen molar-refractivity contribution in [3.63, 3.8) is 0 Å². The summed E-state index contributed by atoms with van der Waals surface area (Å²) in [5.41, 5.74) is 0.879. The van der Waals surface area contributed by atoms with Crippen molar-refractivity contribution in [3.05, 3.63) is 52.8 Å². The molecule has 1 N–H and O–H groups in total. The van der Waals surface area contributed by atoms with Crippen LogP contribution in [-0.2, 0) is 4.79 Å². The van der Waals surface area contributed by atoms with E-state index in [0.717, 1.165) is 5.56 Å². The fourth-order valence-corrected chi connectivity index (χ4v) is 1.87. The molecule has 0 aliphatic heterocycles. The van der Waals surface area contributed by atoms with Crippen molar-refractivity contribution in [2.75, 3.05) is 6.54 Å². The Balaban J connectivity index is 2.25. The van der Waals surface area contributed by atoms with Gasteiger partial charge in [-0.25, -0.2) is 0 Å². The Hall–Kier alpha value is -2.51. The molecule has 4 nitrogen and oxygen atoms in total. The number of nitrogens with zero attached hydrogens (tertiary/aromatic N) is 1. The maximum Gasteiger partial charge on any atom is 0.262 e. The Bertz CT molecular complexity index is 709. The quantitative estimate of drug-likeness (QED) is 0.692. The lowest BCUT2D eigenvalue weighted by Gasteiger charge is -1.99. The lowest BCUT2D eigenvalue weighted by Crippen LogP contribution is -2.23. The van der Waals surface area contributed by atoms with Crippen molar-refractivity contribution < 1.29 is 9.21 Å². The number of carbonyl (C=O) groups is 1. The minimum atomic E-state index is -0.413. The molecule has 0 fully saturated rings. The SMILES string of the molecule is CCNC(=O)C(C#N)=Cc1ccc(-c2ccc(Cl)cc2)o1. The molecule has 0 aliphatic rings. The fourth-order valence-electron chi connectivity index (χ4n) is 1.75. The zero-order chi connectivity index (χ0) is 15.2. The van der Waals surface area contributed by atoms with Gasteiger partial charge in [0, 0.05) is 23.2 Å². The molecule has 0 radical (unpaired) electrons. The minimum Gasteiger partial charge on any atom is -0.457 e. The first-order valence-electron chi connectivity index (χ1n) is 6.40. The second-order valence-electron chi connectivity index (χ2n) is 4.24. The molecule has 0 spiro atoms. The molecule has 2 rings (SSSR count). The molecule has 21 heavy (non-hydrogen) atoms. The van der Waals surface area contributed by atoms with Crippen molar-refractivity contribution in [2.45, 2.75) is 6.92 Å². The zero-order valence-electron chi connectivity index (χ0n) is 11.4. The Labute approximate surface area is 127 Å². The van der Waals surface area contributed by atoms with Crippen molar-refractivity contribution >= 4 is 23.6 Å². The highest BCUT2D eigenvalue weighted by molar-refractivity contribution is 6.30. The summed E-state index contributed by atoms with van der Waals surface area (Å²) in [6.45, 7) is 2.25. The van der Waals surface area contributed by atoms with E-state index in [2.05, 4.69) is 5.32 Å². The van der Waals surface area contributed by atoms with Crippen LogP contribution < -0.4 is 5.32 Å². The van der Waals surface area contributed by atoms with Crippen LogP contribution in [0, 0.1) is 11.3 Å². The third-order valence-electron chi connectivity index (χ3n) is 2.74. The van der Waals surface area contributed by atoms with E-state index in [1.54, 1.807) is 31.2 Å². The third kappa shape index (κ3) is 3.74. The van der Waals surface area contributed by atoms with Crippen molar-refractivity contribution in [1.29, 1.82) is 5.26 Å². The number of likely N-dealkylation sites (N-methyl/N-ethyl adjacent to an activating group) is 1. The number of rotatable bonds is 4. The van der Waals surface area contributed by atoms with Crippen molar-refractivity contribution in [2.24, 2.45) is 0 Å². The standard InChI is InChI=1S/C16H13ClN2O2/c1-2-19-16(20)12(10-18)9-14-7-8-15(21-14)11-3-5-13(17)6-4-11/h3-9H,2H2,1H3,(H,19,20). The molecular formula is C16H13ClN2O2. The molecule has 1 aromatic heterocycles. The molecule has 5 heteroatoms. The van der Waals surface area contributed by atoms with E-state index in [0.29, 0.717) is 23.1 Å². The molecule has 0 bridgehead atoms. The van der Waals surface area contributed by atoms with Crippen LogP contribution in [0.3, 0.4) is 0 Å². The molecule has 106 valence electrons. The number of carbonyl (C=O) groups excluding carboxylic acids is 1. The van der Waals surface area contributed by atoms with E-state index in [9.17, 15) is 4.79 Å². The topological polar surface area (TPSA) is 66.0 Å². The lowest BCUT2D eigenvalue weighted by atomic mass is 10.2. The number of furan rings is 1. The molecule has 0 saturated heterocycles. The normalized spacial score (nSPS) is 11.0. The van der Waals surface area contributed by atoms with Gasteiger partial charge in [0.15, 0.2) is 0 Å². The average Bonchev–Trinajstić information content (AvgIpc) is 2.94. The molecule has 2 aromatic rings. The Morgan fingerprint density at radius 2 is 2.05 bits per heavy atom. The van der Waals surface area contributed by atoms with Gasteiger partial charge >= 0.3 is 0 Å². The summed E-state index contributed by atoms with van der Waals surface area (Å²) < 4.78 is 5.62. The predicted molar refractivity (Wildman–Crippen MR) is 81.4 cm³/mol. The van der Waals surface area contributed by atoms with Gasteiger partial charge < -0.3 is 9.73 Å². The van der Waals surface area contributed by atoms with Gasteiger partial charge in [-0.05, 0) is 43.3 Å². The first-order valence-corrected chi connectivity index (χ1v) is 6.77. The lowest BCUT2D eigenvalue weighted by molar-refractivity contribution is -0.116. The molecule has 0 saturated carbocycles. The summed E-state index contributed by atoms with van der Waals surface area (Å²) in [6, 6.07) is 12.6. The zero-order valence-corrected chi connectivity index (χ0v) is 12.1. The van der Waals surface area contributed by atoms with E-state index < -0.39 is 5.91 Å². The van der Waals surface area contributed by atoms with Crippen molar-refractivity contribution in [1.82, 2.24) is 5.32 Å². The predicted octanol–water partition coefficient (Wildman–Crippen LogP) is 3.64. The number of halogens is 1. The minimum absolute atomic E-state index is 0.00820. The highest BCUT2D eigenvalue weighted by Gasteiger charge is 2.09. The van der Waals surface area contributed by atoms with Crippen LogP contribution in [-0.4, -0.2) is 12.5 Å². The van der Waals surface area contributed by atoms with Gasteiger partial charge in [0.2, 0.25) is 0 Å². The summed E-state index contributed by atoms with van der Waals surface area (Å²) in [7, 11) is 0. The van der Waals surface area contributed by atoms with Gasteiger partial charge in [0.05, 0.1) is 0 Å². The largest absolute Gasteiger partial charge is 0.457 e. The Morgan fingerprint density at radius 1 is 1.33 bits per heavy atom. The van der Waals surface area contributed by atoms with Crippen LogP contribution in [0.1, 0.15) is 12.7 Å². The number of hydrogen-bond donors (Lipinski definition) is 1. The first-order chi connectivity index (χ1) is 10.1. The molecular weight excluding hydrogens is 288 g/mol. The highest BCUT2D eigenvalue weighted by Crippen LogP contribution is 2.24. The van der Waals surface area contributed by atoms with Gasteiger partial charge in [-0.2, -0.15) is 5.26 Å². The van der Waals surface area contributed by atoms with Crippen LogP contribution in [0.25, 0.3) is 17.4 Å². The molecule has 0 atom stereocenters. The van der Waals surface area contributed by atoms with Crippen molar-refractivity contribution in [3.8, 4) is 17.4 Å². The van der Waals surface area contributed by atoms with E-state index in [1.165, 1.54) is 6.08 Å². The van der Waals surface area contributed by atoms with E-state index in [-0.39, 0.29) is 5.57 Å². The van der Waals surface area contributed by atoms with Crippen LogP contribution in [0.15, 0.2) is 46.4 Å². The van der Waals surface area contributed by atoms with Gasteiger partial charge in [0.1, 0.15) is 23.2 Å². The number of benzene rings is 1. The molecule has 1 aromatic carbocycles. The number of nitrogens with one attached hydrogen (secondary N) is 1. The van der Waals surface area contributed by atoms with Crippen LogP contribution in [0.4, 0.5) is 0 Å². The Kier molecular flexibility index (Phi) is 4.81. The summed E-state index contributed by atoms with van der Waals surface area (Å²) in [5.74, 6) is 0.679. The molecule has 0 unspecified atom stereocenters. The van der Waals surface area contributed by atoms with E-state index in [4.69, 9.17) is 21.3 Å². The summed E-state index contributed by atoms with van der Waals surface area (Å²) >= 11 is 5.84. The Morgan fingerprint density at radius 3 is 2.67 bits per heavy atom. The summed E-state index contributed by atoms with van der Waals surface area (Å²) in [6.07, 6.45) is 1.42.